The van der Waals surface area contributed by atoms with Gasteiger partial charge in [-0.1, -0.05) is 12.1 Å². The normalized spacial score (nSPS) is 13.7. The SMILES string of the molecule is Cl.Cl.Cn1cccc1C(=O)NCCN1CCN(c2ccccc2OCc2ccsc2)CC1. The van der Waals surface area contributed by atoms with E-state index in [-0.39, 0.29) is 30.7 Å². The molecular weight excluding hydrogens is 467 g/mol. The van der Waals surface area contributed by atoms with Crippen LogP contribution in [-0.2, 0) is 13.7 Å². The summed E-state index contributed by atoms with van der Waals surface area (Å²) in [5.74, 6) is 0.921. The average molecular weight is 497 g/mol. The van der Waals surface area contributed by atoms with Crippen LogP contribution in [0.2, 0.25) is 0 Å². The Kier molecular flexibility index (Phi) is 10.4. The van der Waals surface area contributed by atoms with Crippen molar-refractivity contribution in [2.24, 2.45) is 7.05 Å². The predicted molar refractivity (Wildman–Crippen MR) is 136 cm³/mol. The quantitative estimate of drug-likeness (QED) is 0.510. The Labute approximate surface area is 206 Å². The molecule has 0 atom stereocenters. The van der Waals surface area contributed by atoms with E-state index in [2.05, 4.69) is 44.1 Å². The van der Waals surface area contributed by atoms with Gasteiger partial charge < -0.3 is 19.5 Å². The summed E-state index contributed by atoms with van der Waals surface area (Å²) in [6.45, 7) is 5.96. The molecule has 4 rings (SSSR count). The lowest BCUT2D eigenvalue weighted by atomic mass is 10.2. The number of hydrogen-bond donors (Lipinski definition) is 1. The van der Waals surface area contributed by atoms with Crippen molar-refractivity contribution >= 4 is 47.7 Å². The Balaban J connectivity index is 0.00000181. The van der Waals surface area contributed by atoms with Crippen molar-refractivity contribution in [1.82, 2.24) is 14.8 Å². The molecule has 174 valence electrons. The number of benzene rings is 1. The number of carbonyl (C=O) groups is 1. The molecule has 3 heterocycles. The van der Waals surface area contributed by atoms with Crippen LogP contribution in [0.25, 0.3) is 0 Å². The summed E-state index contributed by atoms with van der Waals surface area (Å²) in [5, 5.41) is 7.22. The number of thiophene rings is 1. The van der Waals surface area contributed by atoms with Crippen molar-refractivity contribution in [3.05, 3.63) is 70.7 Å². The smallest absolute Gasteiger partial charge is 0.267 e. The molecule has 1 aliphatic rings. The molecule has 1 saturated heterocycles. The zero-order chi connectivity index (χ0) is 20.8. The standard InChI is InChI=1S/C23H28N4O2S.2ClH/c1-25-10-4-6-21(25)23(28)24-9-11-26-12-14-27(15-13-26)20-5-2-3-7-22(20)29-17-19-8-16-30-18-19;;/h2-8,10,16,18H,9,11-15,17H2,1H3,(H,24,28);2*1H. The summed E-state index contributed by atoms with van der Waals surface area (Å²) >= 11 is 1.69. The molecule has 6 nitrogen and oxygen atoms in total. The Morgan fingerprint density at radius 3 is 2.53 bits per heavy atom. The van der Waals surface area contributed by atoms with Gasteiger partial charge >= 0.3 is 0 Å². The third kappa shape index (κ3) is 6.65. The van der Waals surface area contributed by atoms with Gasteiger partial charge in [-0.15, -0.1) is 24.8 Å². The van der Waals surface area contributed by atoms with Crippen molar-refractivity contribution in [3.8, 4) is 5.75 Å². The zero-order valence-corrected chi connectivity index (χ0v) is 20.6. The van der Waals surface area contributed by atoms with E-state index in [9.17, 15) is 4.79 Å². The van der Waals surface area contributed by atoms with Crippen LogP contribution < -0.4 is 15.0 Å². The number of rotatable bonds is 8. The highest BCUT2D eigenvalue weighted by Gasteiger charge is 2.20. The number of aryl methyl sites for hydroxylation is 1. The Hall–Kier alpha value is -2.19. The number of nitrogens with zero attached hydrogens (tertiary/aromatic N) is 3. The third-order valence-corrected chi connectivity index (χ3v) is 6.17. The van der Waals surface area contributed by atoms with E-state index in [4.69, 9.17) is 4.74 Å². The molecule has 9 heteroatoms. The molecule has 1 N–H and O–H groups in total. The van der Waals surface area contributed by atoms with Crippen LogP contribution in [-0.4, -0.2) is 54.6 Å². The first-order valence-corrected chi connectivity index (χ1v) is 11.2. The molecule has 0 spiro atoms. The van der Waals surface area contributed by atoms with Gasteiger partial charge in [-0.05, 0) is 46.7 Å². The molecule has 1 fully saturated rings. The van der Waals surface area contributed by atoms with E-state index in [1.165, 1.54) is 5.56 Å². The van der Waals surface area contributed by atoms with Crippen LogP contribution in [0.4, 0.5) is 5.69 Å². The van der Waals surface area contributed by atoms with E-state index in [0.29, 0.717) is 18.8 Å². The highest BCUT2D eigenvalue weighted by molar-refractivity contribution is 7.07. The second kappa shape index (κ2) is 12.7. The molecular formula is C23H30Cl2N4O2S. The minimum Gasteiger partial charge on any atom is -0.487 e. The van der Waals surface area contributed by atoms with Crippen molar-refractivity contribution in [3.63, 3.8) is 0 Å². The molecule has 1 aliphatic heterocycles. The lowest BCUT2D eigenvalue weighted by molar-refractivity contribution is 0.0939. The summed E-state index contributed by atoms with van der Waals surface area (Å²) in [7, 11) is 1.88. The molecule has 0 bridgehead atoms. The van der Waals surface area contributed by atoms with Crippen molar-refractivity contribution in [1.29, 1.82) is 0 Å². The molecule has 0 saturated carbocycles. The van der Waals surface area contributed by atoms with Gasteiger partial charge in [0.1, 0.15) is 18.1 Å². The Morgan fingerprint density at radius 1 is 1.06 bits per heavy atom. The lowest BCUT2D eigenvalue weighted by Crippen LogP contribution is -2.48. The molecule has 0 unspecified atom stereocenters. The second-order valence-corrected chi connectivity index (χ2v) is 8.26. The van der Waals surface area contributed by atoms with Gasteiger partial charge in [-0.25, -0.2) is 0 Å². The van der Waals surface area contributed by atoms with E-state index in [1.807, 2.05) is 42.1 Å². The fraction of sp³-hybridized carbons (Fsp3) is 0.348. The van der Waals surface area contributed by atoms with Crippen molar-refractivity contribution in [2.45, 2.75) is 6.61 Å². The molecule has 0 aliphatic carbocycles. The van der Waals surface area contributed by atoms with E-state index >= 15 is 0 Å². The summed E-state index contributed by atoms with van der Waals surface area (Å²) < 4.78 is 7.94. The highest BCUT2D eigenvalue weighted by Crippen LogP contribution is 2.29. The number of carbonyl (C=O) groups excluding carboxylic acids is 1. The van der Waals surface area contributed by atoms with Gasteiger partial charge in [0.05, 0.1) is 5.69 Å². The van der Waals surface area contributed by atoms with Crippen molar-refractivity contribution in [2.75, 3.05) is 44.2 Å². The van der Waals surface area contributed by atoms with Crippen LogP contribution in [0.15, 0.2) is 59.4 Å². The van der Waals surface area contributed by atoms with Gasteiger partial charge in [-0.3, -0.25) is 9.69 Å². The number of aromatic nitrogens is 1. The first kappa shape index (κ1) is 26.1. The summed E-state index contributed by atoms with van der Waals surface area (Å²) in [6.07, 6.45) is 1.88. The Morgan fingerprint density at radius 2 is 1.84 bits per heavy atom. The fourth-order valence-electron chi connectivity index (χ4n) is 3.70. The van der Waals surface area contributed by atoms with Gasteiger partial charge in [0.25, 0.3) is 5.91 Å². The van der Waals surface area contributed by atoms with Gasteiger partial charge in [0.15, 0.2) is 0 Å². The third-order valence-electron chi connectivity index (χ3n) is 5.44. The van der Waals surface area contributed by atoms with E-state index < -0.39 is 0 Å². The van der Waals surface area contributed by atoms with Gasteiger partial charge in [0, 0.05) is 52.5 Å². The molecule has 0 radical (unpaired) electrons. The van der Waals surface area contributed by atoms with Crippen LogP contribution in [0.3, 0.4) is 0 Å². The maximum absolute atomic E-state index is 12.2. The largest absolute Gasteiger partial charge is 0.487 e. The van der Waals surface area contributed by atoms with E-state index in [0.717, 1.165) is 44.2 Å². The maximum Gasteiger partial charge on any atom is 0.267 e. The molecule has 1 aromatic carbocycles. The van der Waals surface area contributed by atoms with Gasteiger partial charge in [0.2, 0.25) is 0 Å². The summed E-state index contributed by atoms with van der Waals surface area (Å²) in [6, 6.07) is 14.1. The number of anilines is 1. The minimum absolute atomic E-state index is 0. The number of hydrogen-bond acceptors (Lipinski definition) is 5. The first-order chi connectivity index (χ1) is 14.7. The number of para-hydroxylation sites is 2. The number of nitrogens with one attached hydrogen (secondary N) is 1. The predicted octanol–water partition coefficient (Wildman–Crippen LogP) is 4.06. The van der Waals surface area contributed by atoms with Crippen LogP contribution >= 0.6 is 36.2 Å². The number of amides is 1. The number of halogens is 2. The maximum atomic E-state index is 12.2. The first-order valence-electron chi connectivity index (χ1n) is 10.3. The van der Waals surface area contributed by atoms with Crippen LogP contribution in [0.1, 0.15) is 16.1 Å². The van der Waals surface area contributed by atoms with E-state index in [1.54, 1.807) is 11.3 Å². The molecule has 32 heavy (non-hydrogen) atoms. The van der Waals surface area contributed by atoms with Crippen molar-refractivity contribution < 1.29 is 9.53 Å². The molecule has 3 aromatic rings. The lowest BCUT2D eigenvalue weighted by Gasteiger charge is -2.36. The fourth-order valence-corrected chi connectivity index (χ4v) is 4.36. The number of piperazine rings is 1. The summed E-state index contributed by atoms with van der Waals surface area (Å²) in [5.41, 5.74) is 3.06. The minimum atomic E-state index is -0.0159. The zero-order valence-electron chi connectivity index (χ0n) is 18.1. The molecule has 2 aromatic heterocycles. The highest BCUT2D eigenvalue weighted by atomic mass is 35.5. The number of ether oxygens (including phenoxy) is 1. The Bertz CT molecular complexity index is 957. The molecule has 1 amide bonds. The van der Waals surface area contributed by atoms with Gasteiger partial charge in [-0.2, -0.15) is 11.3 Å². The average Bonchev–Trinajstić information content (AvgIpc) is 3.45. The summed E-state index contributed by atoms with van der Waals surface area (Å²) in [4.78, 5) is 17.0. The topological polar surface area (TPSA) is 49.7 Å². The van der Waals surface area contributed by atoms with Crippen LogP contribution in [0.5, 0.6) is 5.75 Å². The van der Waals surface area contributed by atoms with Crippen LogP contribution in [0, 0.1) is 0 Å². The second-order valence-electron chi connectivity index (χ2n) is 7.48. The monoisotopic (exact) mass is 496 g/mol.